The van der Waals surface area contributed by atoms with E-state index in [9.17, 15) is 19.2 Å². The number of fused-ring (bicyclic) bond motifs is 2. The molecule has 2 amide bonds. The molecule has 2 N–H and O–H groups in total. The lowest BCUT2D eigenvalue weighted by molar-refractivity contribution is -0.119. The Labute approximate surface area is 330 Å². The normalized spacial score (nSPS) is 12.3. The third-order valence-corrected chi connectivity index (χ3v) is 11.5. The highest BCUT2D eigenvalue weighted by molar-refractivity contribution is 7.17. The summed E-state index contributed by atoms with van der Waals surface area (Å²) in [5, 5.41) is 11.6. The van der Waals surface area contributed by atoms with E-state index in [2.05, 4.69) is 15.7 Å². The number of aryl methyl sites for hydroxylation is 1. The van der Waals surface area contributed by atoms with E-state index >= 15 is 0 Å². The molecule has 4 aromatic heterocycles. The second-order valence-corrected chi connectivity index (χ2v) is 15.0. The maximum Gasteiger partial charge on any atom is 0.339 e. The van der Waals surface area contributed by atoms with E-state index in [1.165, 1.54) is 16.0 Å². The molecule has 14 heteroatoms. The third-order valence-electron chi connectivity index (χ3n) is 9.96. The molecule has 0 unspecified atom stereocenters. The zero-order chi connectivity index (χ0) is 38.9. The van der Waals surface area contributed by atoms with Crippen LogP contribution in [0.25, 0.3) is 28.0 Å². The Morgan fingerprint density at radius 3 is 2.41 bits per heavy atom. The number of anilines is 2. The number of carbonyl (C=O) groups is 3. The van der Waals surface area contributed by atoms with E-state index in [0.29, 0.717) is 56.7 Å². The van der Waals surface area contributed by atoms with E-state index in [0.717, 1.165) is 40.8 Å². The quantitative estimate of drug-likeness (QED) is 0.136. The molecule has 282 valence electrons. The summed E-state index contributed by atoms with van der Waals surface area (Å²) in [4.78, 5) is 60.8. The van der Waals surface area contributed by atoms with Crippen molar-refractivity contribution in [2.45, 2.75) is 39.2 Å². The standard InChI is InChI=1S/C42H36ClN7O5S/c1-25-37(41(53)50(48(25)2)28-16-7-4-8-17-28)47-39(52)36-29-18-10-12-20-34(29)56-40(36)46-35(51)24-55-42(54)30-21-33(26-13-5-3-6-14-26)45-38-31(30)22-44-49(38)23-27-15-9-11-19-32(27)43/h3-9,11,13-17,19,21-22H,10,12,18,20,23-24H2,1-2H3,(H,46,51)(H,47,52). The average molecular weight is 786 g/mol. The number of thiophene rings is 1. The number of rotatable bonds is 10. The number of halogens is 1. The van der Waals surface area contributed by atoms with Gasteiger partial charge >= 0.3 is 5.97 Å². The summed E-state index contributed by atoms with van der Waals surface area (Å²) >= 11 is 7.78. The number of benzene rings is 3. The topological polar surface area (TPSA) is 142 Å². The number of aromatic nitrogens is 5. The molecule has 3 aromatic carbocycles. The molecule has 8 rings (SSSR count). The highest BCUT2D eigenvalue weighted by atomic mass is 35.5. The van der Waals surface area contributed by atoms with Crippen LogP contribution in [0.3, 0.4) is 0 Å². The fourth-order valence-electron chi connectivity index (χ4n) is 7.03. The van der Waals surface area contributed by atoms with Crippen LogP contribution in [0, 0.1) is 6.92 Å². The van der Waals surface area contributed by atoms with Crippen molar-refractivity contribution in [3.8, 4) is 16.9 Å². The van der Waals surface area contributed by atoms with Gasteiger partial charge in [0.15, 0.2) is 12.3 Å². The summed E-state index contributed by atoms with van der Waals surface area (Å²) in [6.45, 7) is 1.47. The van der Waals surface area contributed by atoms with Gasteiger partial charge in [-0.3, -0.25) is 19.1 Å². The molecule has 1 aliphatic rings. The second kappa shape index (κ2) is 15.4. The van der Waals surface area contributed by atoms with Crippen LogP contribution < -0.4 is 16.2 Å². The first-order valence-electron chi connectivity index (χ1n) is 18.1. The predicted molar refractivity (Wildman–Crippen MR) is 217 cm³/mol. The number of hydrogen-bond acceptors (Lipinski definition) is 8. The van der Waals surface area contributed by atoms with Gasteiger partial charge in [-0.25, -0.2) is 19.1 Å². The molecule has 56 heavy (non-hydrogen) atoms. The van der Waals surface area contributed by atoms with Gasteiger partial charge in [0.05, 0.1) is 46.3 Å². The zero-order valence-electron chi connectivity index (χ0n) is 30.5. The van der Waals surface area contributed by atoms with Crippen molar-refractivity contribution in [1.82, 2.24) is 24.1 Å². The maximum atomic E-state index is 14.1. The van der Waals surface area contributed by atoms with Crippen molar-refractivity contribution < 1.29 is 19.1 Å². The molecule has 0 spiro atoms. The molecule has 0 fully saturated rings. The highest BCUT2D eigenvalue weighted by Gasteiger charge is 2.29. The first-order valence-corrected chi connectivity index (χ1v) is 19.3. The van der Waals surface area contributed by atoms with Crippen molar-refractivity contribution in [3.05, 3.63) is 145 Å². The Morgan fingerprint density at radius 1 is 0.929 bits per heavy atom. The van der Waals surface area contributed by atoms with Crippen LogP contribution in [0.4, 0.5) is 10.7 Å². The van der Waals surface area contributed by atoms with Crippen LogP contribution in [0.2, 0.25) is 5.02 Å². The molecule has 7 aromatic rings. The van der Waals surface area contributed by atoms with Gasteiger partial charge in [0, 0.05) is 22.5 Å². The Balaban J connectivity index is 1.04. The van der Waals surface area contributed by atoms with Crippen molar-refractivity contribution in [2.75, 3.05) is 17.2 Å². The van der Waals surface area contributed by atoms with Crippen molar-refractivity contribution in [3.63, 3.8) is 0 Å². The minimum Gasteiger partial charge on any atom is -0.452 e. The first-order chi connectivity index (χ1) is 27.2. The Bertz CT molecular complexity index is 2700. The number of para-hydroxylation sites is 1. The van der Waals surface area contributed by atoms with Gasteiger partial charge < -0.3 is 15.4 Å². The SMILES string of the molecule is Cc1c(NC(=O)c2c(NC(=O)COC(=O)c3cc(-c4ccccc4)nc4c3cnn4Cc3ccccc3Cl)sc3c2CCCC3)c(=O)n(-c2ccccc2)n1C. The van der Waals surface area contributed by atoms with Crippen molar-refractivity contribution >= 4 is 62.4 Å². The molecule has 0 bridgehead atoms. The summed E-state index contributed by atoms with van der Waals surface area (Å²) in [6, 6.07) is 27.7. The largest absolute Gasteiger partial charge is 0.452 e. The van der Waals surface area contributed by atoms with Gasteiger partial charge in [-0.05, 0) is 68.0 Å². The molecular weight excluding hydrogens is 750 g/mol. The molecule has 0 aliphatic heterocycles. The predicted octanol–water partition coefficient (Wildman–Crippen LogP) is 7.59. The van der Waals surface area contributed by atoms with Gasteiger partial charge in [0.25, 0.3) is 17.4 Å². The lowest BCUT2D eigenvalue weighted by Crippen LogP contribution is -2.25. The van der Waals surface area contributed by atoms with Gasteiger partial charge in [-0.2, -0.15) is 5.10 Å². The molecule has 12 nitrogen and oxygen atoms in total. The Hall–Kier alpha value is -6.31. The monoisotopic (exact) mass is 785 g/mol. The number of pyridine rings is 1. The van der Waals surface area contributed by atoms with E-state index in [-0.39, 0.29) is 16.8 Å². The lowest BCUT2D eigenvalue weighted by atomic mass is 9.95. The number of esters is 1. The molecule has 0 saturated carbocycles. The van der Waals surface area contributed by atoms with Crippen LogP contribution in [0.15, 0.2) is 102 Å². The smallest absolute Gasteiger partial charge is 0.339 e. The summed E-state index contributed by atoms with van der Waals surface area (Å²) < 4.78 is 10.5. The molecule has 1 aliphatic carbocycles. The number of nitrogens with zero attached hydrogens (tertiary/aromatic N) is 5. The number of nitrogens with one attached hydrogen (secondary N) is 2. The number of amides is 2. The summed E-state index contributed by atoms with van der Waals surface area (Å²) in [6.07, 6.45) is 4.82. The molecular formula is C42H36ClN7O5S. The van der Waals surface area contributed by atoms with Crippen LogP contribution in [0.5, 0.6) is 0 Å². The number of ether oxygens (including phenoxy) is 1. The van der Waals surface area contributed by atoms with Crippen molar-refractivity contribution in [1.29, 1.82) is 0 Å². The van der Waals surface area contributed by atoms with E-state index in [1.807, 2.05) is 78.9 Å². The van der Waals surface area contributed by atoms with Gasteiger partial charge in [0.2, 0.25) is 0 Å². The van der Waals surface area contributed by atoms with E-state index in [1.54, 1.807) is 41.7 Å². The average Bonchev–Trinajstić information content (AvgIpc) is 3.86. The summed E-state index contributed by atoms with van der Waals surface area (Å²) in [7, 11) is 1.76. The van der Waals surface area contributed by atoms with E-state index < -0.39 is 24.4 Å². The lowest BCUT2D eigenvalue weighted by Gasteiger charge is -2.13. The Kier molecular flexibility index (Phi) is 10.1. The van der Waals surface area contributed by atoms with Gasteiger partial charge in [0.1, 0.15) is 10.7 Å². The number of hydrogen-bond donors (Lipinski definition) is 2. The maximum absolute atomic E-state index is 14.1. The van der Waals surface area contributed by atoms with Crippen LogP contribution in [-0.2, 0) is 36.0 Å². The fraction of sp³-hybridized carbons (Fsp3) is 0.190. The number of carbonyl (C=O) groups excluding carboxylic acids is 3. The molecule has 0 radical (unpaired) electrons. The minimum atomic E-state index is -0.736. The zero-order valence-corrected chi connectivity index (χ0v) is 32.1. The summed E-state index contributed by atoms with van der Waals surface area (Å²) in [5.41, 5.74) is 4.96. The van der Waals surface area contributed by atoms with Crippen LogP contribution in [0.1, 0.15) is 55.3 Å². The van der Waals surface area contributed by atoms with E-state index in [4.69, 9.17) is 21.3 Å². The minimum absolute atomic E-state index is 0.150. The van der Waals surface area contributed by atoms with Crippen LogP contribution in [-0.4, -0.2) is 48.5 Å². The van der Waals surface area contributed by atoms with Gasteiger partial charge in [-0.1, -0.05) is 78.3 Å². The molecule has 4 heterocycles. The highest BCUT2D eigenvalue weighted by Crippen LogP contribution is 2.39. The third kappa shape index (κ3) is 7.02. The molecule has 0 saturated heterocycles. The van der Waals surface area contributed by atoms with Crippen LogP contribution >= 0.6 is 22.9 Å². The Morgan fingerprint density at radius 2 is 1.64 bits per heavy atom. The summed E-state index contributed by atoms with van der Waals surface area (Å²) in [5.74, 6) is -1.85. The molecule has 0 atom stereocenters. The van der Waals surface area contributed by atoms with Gasteiger partial charge in [-0.15, -0.1) is 11.3 Å². The van der Waals surface area contributed by atoms with Crippen molar-refractivity contribution in [2.24, 2.45) is 7.05 Å². The second-order valence-electron chi connectivity index (χ2n) is 13.5. The fourth-order valence-corrected chi connectivity index (χ4v) is 8.53. The first kappa shape index (κ1) is 36.7.